The maximum Gasteiger partial charge on any atom is 0.227 e. The molecule has 0 spiro atoms. The van der Waals surface area contributed by atoms with E-state index in [2.05, 4.69) is 36.5 Å². The zero-order valence-electron chi connectivity index (χ0n) is 23.9. The highest BCUT2D eigenvalue weighted by Crippen LogP contribution is 2.35. The standard InChI is InChI=1S/C30H38F2N6O3/c1-39-25-16-21(5-7-24(25)38-12-8-22(9-13-38)37-14-10-33-11-15-37)36-30-34-18-20(19-35-30)4-6-23-28(31)26(40-2)17-27(41-3)29(23)32/h5,7,16-19,22,33H,4,6,8-15H2,1-3H3,(H,34,35,36). The van der Waals surface area contributed by atoms with E-state index in [0.29, 0.717) is 18.4 Å². The number of aryl methyl sites for hydroxylation is 1. The number of hydrogen-bond donors (Lipinski definition) is 2. The first-order chi connectivity index (χ1) is 20.0. The first-order valence-electron chi connectivity index (χ1n) is 14.0. The van der Waals surface area contributed by atoms with E-state index in [9.17, 15) is 8.78 Å². The molecule has 3 heterocycles. The van der Waals surface area contributed by atoms with Gasteiger partial charge in [0.15, 0.2) is 23.1 Å². The van der Waals surface area contributed by atoms with Crippen LogP contribution in [0.4, 0.5) is 26.1 Å². The molecule has 0 atom stereocenters. The minimum absolute atomic E-state index is 0.0600. The van der Waals surface area contributed by atoms with E-state index < -0.39 is 11.6 Å². The summed E-state index contributed by atoms with van der Waals surface area (Å²) < 4.78 is 45.2. The molecule has 0 aliphatic carbocycles. The molecule has 220 valence electrons. The molecule has 0 bridgehead atoms. The monoisotopic (exact) mass is 568 g/mol. The van der Waals surface area contributed by atoms with Crippen LogP contribution in [0.3, 0.4) is 0 Å². The third-order valence-corrected chi connectivity index (χ3v) is 7.94. The SMILES string of the molecule is COc1cc(Nc2ncc(CCc3c(F)c(OC)cc(OC)c3F)cn2)ccc1N1CCC(N2CCNCC2)CC1. The Labute approximate surface area is 239 Å². The first kappa shape index (κ1) is 28.8. The number of ether oxygens (including phenoxy) is 3. The molecule has 2 saturated heterocycles. The molecule has 0 amide bonds. The Balaban J connectivity index is 1.19. The van der Waals surface area contributed by atoms with Gasteiger partial charge >= 0.3 is 0 Å². The van der Waals surface area contributed by atoms with Crippen LogP contribution < -0.4 is 29.7 Å². The molecule has 9 nitrogen and oxygen atoms in total. The van der Waals surface area contributed by atoms with Gasteiger partial charge in [0.2, 0.25) is 5.95 Å². The summed E-state index contributed by atoms with van der Waals surface area (Å²) in [7, 11) is 4.35. The molecule has 41 heavy (non-hydrogen) atoms. The van der Waals surface area contributed by atoms with Gasteiger partial charge in [0.25, 0.3) is 0 Å². The summed E-state index contributed by atoms with van der Waals surface area (Å²) in [5, 5.41) is 6.66. The summed E-state index contributed by atoms with van der Waals surface area (Å²) in [5.74, 6) is -0.367. The zero-order chi connectivity index (χ0) is 28.8. The van der Waals surface area contributed by atoms with Crippen LogP contribution in [0.25, 0.3) is 0 Å². The Morgan fingerprint density at radius 2 is 1.49 bits per heavy atom. The quantitative estimate of drug-likeness (QED) is 0.374. The van der Waals surface area contributed by atoms with E-state index in [0.717, 1.165) is 74.8 Å². The van der Waals surface area contributed by atoms with Crippen LogP contribution in [0.1, 0.15) is 24.0 Å². The fourth-order valence-electron chi connectivity index (χ4n) is 5.64. The molecule has 2 aromatic carbocycles. The van der Waals surface area contributed by atoms with Crippen molar-refractivity contribution in [3.63, 3.8) is 0 Å². The lowest BCUT2D eigenvalue weighted by atomic mass is 10.0. The van der Waals surface area contributed by atoms with Crippen LogP contribution in [0.2, 0.25) is 0 Å². The Morgan fingerprint density at radius 3 is 2.10 bits per heavy atom. The topological polar surface area (TPSA) is 84.0 Å². The molecule has 3 aromatic rings. The van der Waals surface area contributed by atoms with Crippen LogP contribution in [-0.4, -0.2) is 81.5 Å². The van der Waals surface area contributed by atoms with Crippen molar-refractivity contribution in [2.75, 3.05) is 70.8 Å². The molecule has 0 unspecified atom stereocenters. The van der Waals surface area contributed by atoms with Crippen LogP contribution in [-0.2, 0) is 12.8 Å². The number of nitrogens with zero attached hydrogens (tertiary/aromatic N) is 4. The van der Waals surface area contributed by atoms with E-state index in [1.807, 2.05) is 12.1 Å². The Hall–Kier alpha value is -3.70. The van der Waals surface area contributed by atoms with Gasteiger partial charge in [0.05, 0.1) is 27.0 Å². The summed E-state index contributed by atoms with van der Waals surface area (Å²) >= 11 is 0. The van der Waals surface area contributed by atoms with Crippen LogP contribution in [0.5, 0.6) is 17.2 Å². The summed E-state index contributed by atoms with van der Waals surface area (Å²) in [6.45, 7) is 6.41. The second kappa shape index (κ2) is 13.3. The van der Waals surface area contributed by atoms with Crippen LogP contribution in [0, 0.1) is 11.6 Å². The van der Waals surface area contributed by atoms with Crippen LogP contribution in [0.15, 0.2) is 36.7 Å². The number of methoxy groups -OCH3 is 3. The number of halogens is 2. The van der Waals surface area contributed by atoms with Gasteiger partial charge in [0.1, 0.15) is 5.75 Å². The molecular weight excluding hydrogens is 530 g/mol. The lowest BCUT2D eigenvalue weighted by molar-refractivity contribution is 0.150. The summed E-state index contributed by atoms with van der Waals surface area (Å²) in [4.78, 5) is 13.8. The van der Waals surface area contributed by atoms with Crippen molar-refractivity contribution in [3.8, 4) is 17.2 Å². The third-order valence-electron chi connectivity index (χ3n) is 7.94. The first-order valence-corrected chi connectivity index (χ1v) is 14.0. The molecule has 0 saturated carbocycles. The summed E-state index contributed by atoms with van der Waals surface area (Å²) in [6.07, 6.45) is 6.04. The molecule has 1 aromatic heterocycles. The van der Waals surface area contributed by atoms with Crippen molar-refractivity contribution in [3.05, 3.63) is 59.4 Å². The fourth-order valence-corrected chi connectivity index (χ4v) is 5.64. The second-order valence-electron chi connectivity index (χ2n) is 10.3. The van der Waals surface area contributed by atoms with Gasteiger partial charge in [-0.3, -0.25) is 4.90 Å². The average molecular weight is 569 g/mol. The zero-order valence-corrected chi connectivity index (χ0v) is 23.9. The molecule has 2 fully saturated rings. The highest BCUT2D eigenvalue weighted by Gasteiger charge is 2.27. The van der Waals surface area contributed by atoms with E-state index in [1.54, 1.807) is 19.5 Å². The molecule has 2 N–H and O–H groups in total. The van der Waals surface area contributed by atoms with E-state index in [1.165, 1.54) is 20.3 Å². The van der Waals surface area contributed by atoms with Gasteiger partial charge in [-0.15, -0.1) is 0 Å². The minimum Gasteiger partial charge on any atom is -0.495 e. The number of benzene rings is 2. The number of piperidine rings is 1. The third kappa shape index (κ3) is 6.62. The predicted molar refractivity (Wildman–Crippen MR) is 155 cm³/mol. The predicted octanol–water partition coefficient (Wildman–Crippen LogP) is 4.18. The fraction of sp³-hybridized carbons (Fsp3) is 0.467. The van der Waals surface area contributed by atoms with E-state index in [-0.39, 0.29) is 23.5 Å². The number of anilines is 3. The number of nitrogens with one attached hydrogen (secondary N) is 2. The second-order valence-corrected chi connectivity index (χ2v) is 10.3. The number of piperazine rings is 1. The largest absolute Gasteiger partial charge is 0.495 e. The van der Waals surface area contributed by atoms with Crippen molar-refractivity contribution >= 4 is 17.3 Å². The van der Waals surface area contributed by atoms with Crippen molar-refractivity contribution in [2.45, 2.75) is 31.7 Å². The number of aromatic nitrogens is 2. The van der Waals surface area contributed by atoms with Gasteiger partial charge in [0, 0.05) is 81.1 Å². The van der Waals surface area contributed by atoms with Gasteiger partial charge < -0.3 is 29.7 Å². The average Bonchev–Trinajstić information content (AvgIpc) is 3.02. The van der Waals surface area contributed by atoms with Crippen molar-refractivity contribution in [2.24, 2.45) is 0 Å². The maximum absolute atomic E-state index is 14.7. The lowest BCUT2D eigenvalue weighted by Gasteiger charge is -2.41. The maximum atomic E-state index is 14.7. The van der Waals surface area contributed by atoms with Crippen molar-refractivity contribution < 1.29 is 23.0 Å². The molecular formula is C30H38F2N6O3. The summed E-state index contributed by atoms with van der Waals surface area (Å²) in [6, 6.07) is 7.88. The van der Waals surface area contributed by atoms with Gasteiger partial charge in [-0.05, 0) is 43.4 Å². The Bertz CT molecular complexity index is 1280. The van der Waals surface area contributed by atoms with Crippen molar-refractivity contribution in [1.29, 1.82) is 0 Å². The molecule has 0 radical (unpaired) electrons. The lowest BCUT2D eigenvalue weighted by Crippen LogP contribution is -2.52. The highest BCUT2D eigenvalue weighted by molar-refractivity contribution is 5.67. The van der Waals surface area contributed by atoms with Crippen LogP contribution >= 0.6 is 0 Å². The smallest absolute Gasteiger partial charge is 0.227 e. The van der Waals surface area contributed by atoms with Gasteiger partial charge in [-0.2, -0.15) is 0 Å². The summed E-state index contributed by atoms with van der Waals surface area (Å²) in [5.41, 5.74) is 2.54. The Morgan fingerprint density at radius 1 is 0.854 bits per heavy atom. The van der Waals surface area contributed by atoms with Gasteiger partial charge in [-0.1, -0.05) is 0 Å². The normalized spacial score (nSPS) is 16.5. The Kier molecular flexibility index (Phi) is 9.35. The molecule has 2 aliphatic heterocycles. The minimum atomic E-state index is -0.730. The van der Waals surface area contributed by atoms with E-state index >= 15 is 0 Å². The number of hydrogen-bond acceptors (Lipinski definition) is 9. The molecule has 5 rings (SSSR count). The van der Waals surface area contributed by atoms with E-state index in [4.69, 9.17) is 14.2 Å². The number of rotatable bonds is 10. The highest BCUT2D eigenvalue weighted by atomic mass is 19.1. The van der Waals surface area contributed by atoms with Gasteiger partial charge in [-0.25, -0.2) is 18.7 Å². The molecule has 11 heteroatoms. The molecule has 2 aliphatic rings. The van der Waals surface area contributed by atoms with Crippen molar-refractivity contribution in [1.82, 2.24) is 20.2 Å².